The van der Waals surface area contributed by atoms with Gasteiger partial charge in [0, 0.05) is 48.6 Å². The fourth-order valence-electron chi connectivity index (χ4n) is 6.65. The highest BCUT2D eigenvalue weighted by atomic mass is 19.1. The molecule has 2 aromatic carbocycles. The number of nitrogens with zero attached hydrogens (tertiary/aromatic N) is 5. The van der Waals surface area contributed by atoms with Crippen molar-refractivity contribution in [2.75, 3.05) is 31.1 Å². The van der Waals surface area contributed by atoms with Gasteiger partial charge in [-0.1, -0.05) is 24.3 Å². The zero-order valence-electron chi connectivity index (χ0n) is 24.6. The summed E-state index contributed by atoms with van der Waals surface area (Å²) in [6.45, 7) is 6.26. The Hall–Kier alpha value is -4.27. The predicted molar refractivity (Wildman–Crippen MR) is 162 cm³/mol. The number of hydrogen-bond donors (Lipinski definition) is 0. The first-order valence-electron chi connectivity index (χ1n) is 15.4. The summed E-state index contributed by atoms with van der Waals surface area (Å²) in [5.74, 6) is -0.378. The van der Waals surface area contributed by atoms with Crippen LogP contribution in [0, 0.1) is 11.7 Å². The molecule has 0 N–H and O–H groups in total. The highest BCUT2D eigenvalue weighted by Crippen LogP contribution is 2.41. The molecule has 3 aliphatic rings. The zero-order valence-corrected chi connectivity index (χ0v) is 24.6. The van der Waals surface area contributed by atoms with Crippen molar-refractivity contribution in [3.05, 3.63) is 82.9 Å². The molecule has 1 atom stereocenters. The second-order valence-electron chi connectivity index (χ2n) is 11.9. The fourth-order valence-corrected chi connectivity index (χ4v) is 6.65. The molecule has 9 heteroatoms. The molecule has 2 aliphatic heterocycles. The molecule has 0 bridgehead atoms. The number of piperidine rings is 1. The molecule has 1 saturated heterocycles. The van der Waals surface area contributed by atoms with Crippen LogP contribution in [0.15, 0.2) is 54.6 Å². The topological polar surface area (TPSA) is 80.0 Å². The van der Waals surface area contributed by atoms with Gasteiger partial charge in [0.15, 0.2) is 5.65 Å². The van der Waals surface area contributed by atoms with Crippen LogP contribution in [0.25, 0.3) is 16.9 Å². The average molecular weight is 582 g/mol. The average Bonchev–Trinajstić information content (AvgIpc) is 3.79. The number of carbonyl (C=O) groups is 2. The molecular weight excluding hydrogens is 545 g/mol. The van der Waals surface area contributed by atoms with Gasteiger partial charge >= 0.3 is 5.97 Å². The van der Waals surface area contributed by atoms with E-state index in [1.807, 2.05) is 36.1 Å². The number of fused-ring (bicyclic) bond motifs is 2. The van der Waals surface area contributed by atoms with Gasteiger partial charge in [0.1, 0.15) is 11.5 Å². The third-order valence-electron chi connectivity index (χ3n) is 9.23. The lowest BCUT2D eigenvalue weighted by Crippen LogP contribution is -2.39. The molecule has 0 spiro atoms. The summed E-state index contributed by atoms with van der Waals surface area (Å²) >= 11 is 0. The number of hydrogen-bond acceptors (Lipinski definition) is 6. The first-order chi connectivity index (χ1) is 20.9. The van der Waals surface area contributed by atoms with Crippen LogP contribution in [-0.4, -0.2) is 57.6 Å². The number of amides is 1. The van der Waals surface area contributed by atoms with Crippen LogP contribution in [0.5, 0.6) is 0 Å². The zero-order chi connectivity index (χ0) is 29.7. The molecule has 222 valence electrons. The predicted octanol–water partition coefficient (Wildman–Crippen LogP) is 5.95. The molecule has 0 radical (unpaired) electrons. The van der Waals surface area contributed by atoms with E-state index in [4.69, 9.17) is 14.8 Å². The minimum absolute atomic E-state index is 0.0381. The molecular formula is C34H36FN5O3. The third kappa shape index (κ3) is 5.15. The van der Waals surface area contributed by atoms with E-state index in [-0.39, 0.29) is 29.7 Å². The number of halogens is 1. The van der Waals surface area contributed by atoms with Crippen LogP contribution in [0.1, 0.15) is 78.8 Å². The van der Waals surface area contributed by atoms with Crippen molar-refractivity contribution in [2.45, 2.75) is 57.9 Å². The Balaban J connectivity index is 1.15. The summed E-state index contributed by atoms with van der Waals surface area (Å²) < 4.78 is 22.5. The number of benzene rings is 2. The Bertz CT molecular complexity index is 1710. The standard InChI is InChI=1S/C34H36FN5O3/c1-3-43-34(42)24-12-15-38(16-13-24)25-10-11-27(28(35)18-25)29-20-32-36-30(19-31(23-8-9-23)40(32)37-29)33(41)39-17-14-22-6-4-5-7-26(22)21(39)2/h4-7,10-11,18-21,23-24H,3,8-9,12-17H2,1-2H3/t21-/m1/s1. The largest absolute Gasteiger partial charge is 0.466 e. The van der Waals surface area contributed by atoms with Crippen molar-refractivity contribution in [2.24, 2.45) is 5.92 Å². The second-order valence-corrected chi connectivity index (χ2v) is 11.9. The van der Waals surface area contributed by atoms with E-state index in [0.717, 1.165) is 30.6 Å². The van der Waals surface area contributed by atoms with Crippen LogP contribution in [-0.2, 0) is 16.0 Å². The van der Waals surface area contributed by atoms with Crippen LogP contribution in [0.2, 0.25) is 0 Å². The molecule has 1 aliphatic carbocycles. The fraction of sp³-hybridized carbons (Fsp3) is 0.412. The number of anilines is 1. The number of ether oxygens (including phenoxy) is 1. The first kappa shape index (κ1) is 27.6. The summed E-state index contributed by atoms with van der Waals surface area (Å²) in [4.78, 5) is 34.7. The highest BCUT2D eigenvalue weighted by molar-refractivity contribution is 5.93. The van der Waals surface area contributed by atoms with Crippen molar-refractivity contribution in [1.82, 2.24) is 19.5 Å². The summed E-state index contributed by atoms with van der Waals surface area (Å²) in [6, 6.07) is 17.1. The Morgan fingerprint density at radius 3 is 2.53 bits per heavy atom. The molecule has 43 heavy (non-hydrogen) atoms. The van der Waals surface area contributed by atoms with E-state index in [9.17, 15) is 9.59 Å². The summed E-state index contributed by atoms with van der Waals surface area (Å²) in [7, 11) is 0. The minimum Gasteiger partial charge on any atom is -0.466 e. The van der Waals surface area contributed by atoms with Crippen molar-refractivity contribution in [3.63, 3.8) is 0 Å². The molecule has 0 unspecified atom stereocenters. The molecule has 4 heterocycles. The Labute approximate surface area is 250 Å². The molecule has 1 saturated carbocycles. The van der Waals surface area contributed by atoms with Gasteiger partial charge in [0.25, 0.3) is 5.91 Å². The quantitative estimate of drug-likeness (QED) is 0.262. The lowest BCUT2D eigenvalue weighted by molar-refractivity contribution is -0.148. The third-order valence-corrected chi connectivity index (χ3v) is 9.23. The highest BCUT2D eigenvalue weighted by Gasteiger charge is 2.33. The lowest BCUT2D eigenvalue weighted by atomic mass is 9.93. The maximum absolute atomic E-state index is 15.6. The number of esters is 1. The van der Waals surface area contributed by atoms with Crippen LogP contribution in [0.4, 0.5) is 10.1 Å². The van der Waals surface area contributed by atoms with E-state index >= 15 is 4.39 Å². The van der Waals surface area contributed by atoms with Crippen molar-refractivity contribution >= 4 is 23.2 Å². The van der Waals surface area contributed by atoms with Gasteiger partial charge in [-0.2, -0.15) is 5.10 Å². The summed E-state index contributed by atoms with van der Waals surface area (Å²) in [6.07, 6.45) is 4.26. The number of carbonyl (C=O) groups excluding carboxylic acids is 2. The monoisotopic (exact) mass is 581 g/mol. The maximum atomic E-state index is 15.6. The van der Waals surface area contributed by atoms with Gasteiger partial charge in [0.2, 0.25) is 0 Å². The van der Waals surface area contributed by atoms with E-state index in [1.165, 1.54) is 11.1 Å². The Morgan fingerprint density at radius 2 is 1.79 bits per heavy atom. The molecule has 2 aromatic heterocycles. The normalized spacial score (nSPS) is 19.0. The SMILES string of the molecule is CCOC(=O)C1CCN(c2ccc(-c3cc4nc(C(=O)N5CCc6ccccc6[C@H]5C)cc(C5CC5)n4n3)c(F)c2)CC1. The van der Waals surface area contributed by atoms with Gasteiger partial charge in [-0.15, -0.1) is 0 Å². The van der Waals surface area contributed by atoms with E-state index in [1.54, 1.807) is 22.7 Å². The summed E-state index contributed by atoms with van der Waals surface area (Å²) in [5.41, 5.74) is 6.05. The van der Waals surface area contributed by atoms with Gasteiger partial charge in [-0.3, -0.25) is 9.59 Å². The maximum Gasteiger partial charge on any atom is 0.309 e. The molecule has 8 nitrogen and oxygen atoms in total. The van der Waals surface area contributed by atoms with E-state index < -0.39 is 0 Å². The second kappa shape index (κ2) is 11.1. The van der Waals surface area contributed by atoms with E-state index in [0.29, 0.717) is 67.6 Å². The van der Waals surface area contributed by atoms with E-state index in [2.05, 4.69) is 24.0 Å². The molecule has 7 rings (SSSR count). The van der Waals surface area contributed by atoms with Crippen LogP contribution in [0.3, 0.4) is 0 Å². The number of rotatable bonds is 6. The van der Waals surface area contributed by atoms with Gasteiger partial charge < -0.3 is 14.5 Å². The number of aromatic nitrogens is 3. The molecule has 2 fully saturated rings. The van der Waals surface area contributed by atoms with Crippen molar-refractivity contribution < 1.29 is 18.7 Å². The lowest BCUT2D eigenvalue weighted by Gasteiger charge is -2.35. The Kier molecular flexibility index (Phi) is 7.11. The van der Waals surface area contributed by atoms with Crippen LogP contribution < -0.4 is 4.90 Å². The van der Waals surface area contributed by atoms with Gasteiger partial charge in [0.05, 0.1) is 24.3 Å². The summed E-state index contributed by atoms with van der Waals surface area (Å²) in [5, 5.41) is 4.78. The Morgan fingerprint density at radius 1 is 1.00 bits per heavy atom. The first-order valence-corrected chi connectivity index (χ1v) is 15.4. The van der Waals surface area contributed by atoms with Crippen LogP contribution >= 0.6 is 0 Å². The van der Waals surface area contributed by atoms with Crippen molar-refractivity contribution in [3.8, 4) is 11.3 Å². The van der Waals surface area contributed by atoms with Crippen molar-refractivity contribution in [1.29, 1.82) is 0 Å². The molecule has 4 aromatic rings. The minimum atomic E-state index is -0.362. The molecule has 1 amide bonds. The van der Waals surface area contributed by atoms with Gasteiger partial charge in [-0.25, -0.2) is 13.9 Å². The smallest absolute Gasteiger partial charge is 0.309 e. The van der Waals surface area contributed by atoms with Gasteiger partial charge in [-0.05, 0) is 81.3 Å².